The number of hydrogen-bond donors (Lipinski definition) is 3. The highest BCUT2D eigenvalue weighted by molar-refractivity contribution is 5.83. The third-order valence-electron chi connectivity index (χ3n) is 3.03. The number of carboxylic acids is 1. The molecule has 0 bridgehead atoms. The Labute approximate surface area is 112 Å². The summed E-state index contributed by atoms with van der Waals surface area (Å²) in [7, 11) is 0. The highest BCUT2D eigenvalue weighted by Gasteiger charge is 2.39. The zero-order valence-electron chi connectivity index (χ0n) is 11.5. The molecule has 2 atom stereocenters. The van der Waals surface area contributed by atoms with Gasteiger partial charge in [0.15, 0.2) is 0 Å². The van der Waals surface area contributed by atoms with Crippen molar-refractivity contribution >= 4 is 12.0 Å². The van der Waals surface area contributed by atoms with Crippen molar-refractivity contribution in [3.63, 3.8) is 0 Å². The molecule has 1 fully saturated rings. The summed E-state index contributed by atoms with van der Waals surface area (Å²) in [6.45, 7) is 6.38. The van der Waals surface area contributed by atoms with Crippen molar-refractivity contribution in [1.29, 1.82) is 0 Å². The molecule has 0 saturated carbocycles. The molecule has 0 aromatic carbocycles. The lowest BCUT2D eigenvalue weighted by Crippen LogP contribution is -2.50. The number of urea groups is 1. The summed E-state index contributed by atoms with van der Waals surface area (Å²) in [5.41, 5.74) is -0.512. The molecule has 110 valence electrons. The number of aliphatic carboxylic acids is 1. The average molecular weight is 274 g/mol. The van der Waals surface area contributed by atoms with E-state index < -0.39 is 29.7 Å². The predicted molar refractivity (Wildman–Crippen MR) is 67.9 cm³/mol. The summed E-state index contributed by atoms with van der Waals surface area (Å²) in [5.74, 6) is -1.10. The molecule has 3 N–H and O–H groups in total. The van der Waals surface area contributed by atoms with Crippen molar-refractivity contribution in [3.8, 4) is 0 Å². The van der Waals surface area contributed by atoms with Gasteiger partial charge in [-0.25, -0.2) is 9.59 Å². The third-order valence-corrected chi connectivity index (χ3v) is 3.03. The van der Waals surface area contributed by atoms with Gasteiger partial charge in [-0.1, -0.05) is 0 Å². The Morgan fingerprint density at radius 2 is 2.11 bits per heavy atom. The van der Waals surface area contributed by atoms with E-state index in [0.717, 1.165) is 4.90 Å². The van der Waals surface area contributed by atoms with Crippen LogP contribution >= 0.6 is 0 Å². The molecule has 1 rings (SSSR count). The number of aliphatic hydroxyl groups excluding tert-OH is 1. The fourth-order valence-electron chi connectivity index (χ4n) is 2.10. The Hall–Kier alpha value is -1.34. The summed E-state index contributed by atoms with van der Waals surface area (Å²) in [5, 5.41) is 21.1. The zero-order chi connectivity index (χ0) is 14.6. The molecule has 2 unspecified atom stereocenters. The topological polar surface area (TPSA) is 99.1 Å². The first-order chi connectivity index (χ1) is 8.76. The molecule has 1 aliphatic heterocycles. The first-order valence-corrected chi connectivity index (χ1v) is 6.36. The van der Waals surface area contributed by atoms with E-state index in [0.29, 0.717) is 6.61 Å². The summed E-state index contributed by atoms with van der Waals surface area (Å²) < 4.78 is 5.44. The molecule has 7 heteroatoms. The van der Waals surface area contributed by atoms with Crippen LogP contribution in [0.2, 0.25) is 0 Å². The molecule has 1 heterocycles. The molecule has 1 aliphatic rings. The number of carboxylic acid groups (broad SMARTS) is 1. The number of ether oxygens (including phenoxy) is 1. The second-order valence-corrected chi connectivity index (χ2v) is 5.25. The third kappa shape index (κ3) is 4.36. The van der Waals surface area contributed by atoms with Crippen LogP contribution in [0.1, 0.15) is 27.2 Å². The first kappa shape index (κ1) is 15.7. The van der Waals surface area contributed by atoms with Gasteiger partial charge < -0.3 is 25.2 Å². The van der Waals surface area contributed by atoms with Gasteiger partial charge in [-0.3, -0.25) is 0 Å². The zero-order valence-corrected chi connectivity index (χ0v) is 11.5. The predicted octanol–water partition coefficient (Wildman–Crippen LogP) is 0.0309. The number of aliphatic hydroxyl groups is 1. The van der Waals surface area contributed by atoms with Crippen LogP contribution in [0.4, 0.5) is 4.79 Å². The van der Waals surface area contributed by atoms with E-state index in [2.05, 4.69) is 5.32 Å². The fraction of sp³-hybridized carbons (Fsp3) is 0.833. The van der Waals surface area contributed by atoms with Crippen molar-refractivity contribution in [2.75, 3.05) is 19.7 Å². The molecule has 2 amide bonds. The Kier molecular flexibility index (Phi) is 5.13. The number of nitrogens with one attached hydrogen (secondary N) is 1. The lowest BCUT2D eigenvalue weighted by atomic mass is 10.1. The normalized spacial score (nSPS) is 23.5. The number of nitrogens with zero attached hydrogens (tertiary/aromatic N) is 1. The van der Waals surface area contributed by atoms with E-state index in [-0.39, 0.29) is 19.5 Å². The van der Waals surface area contributed by atoms with Gasteiger partial charge in [0.2, 0.25) is 0 Å². The van der Waals surface area contributed by atoms with Crippen LogP contribution in [0, 0.1) is 0 Å². The number of amides is 2. The number of carbonyl (C=O) groups is 2. The maximum absolute atomic E-state index is 11.9. The summed E-state index contributed by atoms with van der Waals surface area (Å²) in [4.78, 5) is 24.1. The Morgan fingerprint density at radius 1 is 1.47 bits per heavy atom. The molecule has 0 aromatic rings. The van der Waals surface area contributed by atoms with Gasteiger partial charge >= 0.3 is 12.0 Å². The van der Waals surface area contributed by atoms with Gasteiger partial charge in [-0.2, -0.15) is 0 Å². The van der Waals surface area contributed by atoms with E-state index in [9.17, 15) is 14.7 Å². The summed E-state index contributed by atoms with van der Waals surface area (Å²) >= 11 is 0. The highest BCUT2D eigenvalue weighted by Crippen LogP contribution is 2.18. The van der Waals surface area contributed by atoms with Crippen molar-refractivity contribution in [2.45, 2.75) is 44.9 Å². The Balaban J connectivity index is 2.55. The van der Waals surface area contributed by atoms with Crippen molar-refractivity contribution in [3.05, 3.63) is 0 Å². The first-order valence-electron chi connectivity index (χ1n) is 6.36. The lowest BCUT2D eigenvalue weighted by Gasteiger charge is -2.27. The average Bonchev–Trinajstić information content (AvgIpc) is 2.68. The van der Waals surface area contributed by atoms with E-state index in [4.69, 9.17) is 9.84 Å². The monoisotopic (exact) mass is 274 g/mol. The largest absolute Gasteiger partial charge is 0.480 e. The SMILES string of the molecule is CCOC(C)(C)CNC(=O)N1CC(O)CC1C(=O)O. The van der Waals surface area contributed by atoms with E-state index in [1.165, 1.54) is 0 Å². The second kappa shape index (κ2) is 6.21. The van der Waals surface area contributed by atoms with Crippen LogP contribution in [0.25, 0.3) is 0 Å². The van der Waals surface area contributed by atoms with E-state index in [1.54, 1.807) is 0 Å². The molecule has 0 aliphatic carbocycles. The van der Waals surface area contributed by atoms with Crippen LogP contribution in [-0.4, -0.2) is 64.6 Å². The molecular formula is C12H22N2O5. The highest BCUT2D eigenvalue weighted by atomic mass is 16.5. The van der Waals surface area contributed by atoms with Gasteiger partial charge in [-0.05, 0) is 20.8 Å². The molecule has 0 spiro atoms. The number of likely N-dealkylation sites (tertiary alicyclic amines) is 1. The molecule has 0 aromatic heterocycles. The summed E-state index contributed by atoms with van der Waals surface area (Å²) in [6, 6.07) is -1.46. The van der Waals surface area contributed by atoms with Gasteiger partial charge in [-0.15, -0.1) is 0 Å². The summed E-state index contributed by atoms with van der Waals surface area (Å²) in [6.07, 6.45) is -0.718. The number of hydrogen-bond acceptors (Lipinski definition) is 4. The van der Waals surface area contributed by atoms with Crippen molar-refractivity contribution < 1.29 is 24.5 Å². The van der Waals surface area contributed by atoms with Crippen molar-refractivity contribution in [2.24, 2.45) is 0 Å². The standard InChI is InChI=1S/C12H22N2O5/c1-4-19-12(2,3)7-13-11(18)14-6-8(15)5-9(14)10(16)17/h8-9,15H,4-7H2,1-3H3,(H,13,18)(H,16,17). The van der Waals surface area contributed by atoms with Crippen LogP contribution in [0.15, 0.2) is 0 Å². The van der Waals surface area contributed by atoms with Gasteiger partial charge in [0.1, 0.15) is 6.04 Å². The fourth-order valence-corrected chi connectivity index (χ4v) is 2.10. The number of β-amino-alcohol motifs (C(OH)–C–C–N with tert-alkyl or cyclic N) is 1. The van der Waals surface area contributed by atoms with Gasteiger partial charge in [0.05, 0.1) is 11.7 Å². The maximum Gasteiger partial charge on any atom is 0.326 e. The van der Waals surface area contributed by atoms with Crippen LogP contribution in [0.5, 0.6) is 0 Å². The molecule has 0 radical (unpaired) electrons. The van der Waals surface area contributed by atoms with Gasteiger partial charge in [0.25, 0.3) is 0 Å². The minimum Gasteiger partial charge on any atom is -0.480 e. The van der Waals surface area contributed by atoms with Gasteiger partial charge in [0, 0.05) is 26.1 Å². The quantitative estimate of drug-likeness (QED) is 0.657. The van der Waals surface area contributed by atoms with Crippen molar-refractivity contribution in [1.82, 2.24) is 10.2 Å². The minimum atomic E-state index is -1.10. The Morgan fingerprint density at radius 3 is 2.63 bits per heavy atom. The van der Waals surface area contributed by atoms with E-state index >= 15 is 0 Å². The smallest absolute Gasteiger partial charge is 0.326 e. The lowest BCUT2D eigenvalue weighted by molar-refractivity contribution is -0.141. The molecule has 7 nitrogen and oxygen atoms in total. The Bertz CT molecular complexity index is 345. The van der Waals surface area contributed by atoms with E-state index in [1.807, 2.05) is 20.8 Å². The number of rotatable bonds is 5. The maximum atomic E-state index is 11.9. The molecule has 19 heavy (non-hydrogen) atoms. The number of carbonyl (C=O) groups excluding carboxylic acids is 1. The van der Waals surface area contributed by atoms with Crippen LogP contribution < -0.4 is 5.32 Å². The second-order valence-electron chi connectivity index (χ2n) is 5.25. The molecule has 1 saturated heterocycles. The van der Waals surface area contributed by atoms with Crippen LogP contribution in [0.3, 0.4) is 0 Å². The molecular weight excluding hydrogens is 252 g/mol. The minimum absolute atomic E-state index is 0.0395. The van der Waals surface area contributed by atoms with Crippen LogP contribution in [-0.2, 0) is 9.53 Å².